The Hall–Kier alpha value is -1.28. The molecule has 0 aromatic heterocycles. The van der Waals surface area contributed by atoms with Crippen LogP contribution in [0.1, 0.15) is 18.4 Å². The predicted octanol–water partition coefficient (Wildman–Crippen LogP) is 0.538. The molecule has 0 amide bonds. The van der Waals surface area contributed by atoms with Gasteiger partial charge in [-0.15, -0.1) is 0 Å². The van der Waals surface area contributed by atoms with Gasteiger partial charge in [0.2, 0.25) is 10.0 Å². The van der Waals surface area contributed by atoms with Crippen molar-refractivity contribution in [3.63, 3.8) is 0 Å². The van der Waals surface area contributed by atoms with E-state index in [-0.39, 0.29) is 24.3 Å². The minimum atomic E-state index is -3.56. The lowest BCUT2D eigenvalue weighted by Gasteiger charge is -2.29. The minimum absolute atomic E-state index is 0.0537. The van der Waals surface area contributed by atoms with Crippen molar-refractivity contribution < 1.29 is 16.8 Å². The van der Waals surface area contributed by atoms with Crippen molar-refractivity contribution in [2.45, 2.75) is 24.5 Å². The van der Waals surface area contributed by atoms with Crippen LogP contribution in [0.15, 0.2) is 18.2 Å². The van der Waals surface area contributed by atoms with Crippen LogP contribution in [0.5, 0.6) is 0 Å². The molecule has 21 heavy (non-hydrogen) atoms. The van der Waals surface area contributed by atoms with Crippen molar-refractivity contribution in [2.75, 3.05) is 28.1 Å². The van der Waals surface area contributed by atoms with Crippen molar-refractivity contribution >= 4 is 31.2 Å². The van der Waals surface area contributed by atoms with Crippen LogP contribution >= 0.6 is 0 Å². The predicted molar refractivity (Wildman–Crippen MR) is 82.5 cm³/mol. The number of fused-ring (bicyclic) bond motifs is 1. The average molecular weight is 330 g/mol. The third-order valence-corrected chi connectivity index (χ3v) is 8.22. The van der Waals surface area contributed by atoms with E-state index in [1.54, 1.807) is 6.07 Å². The first-order valence-electron chi connectivity index (χ1n) is 6.90. The Kier molecular flexibility index (Phi) is 3.40. The Labute approximate surface area is 124 Å². The highest BCUT2D eigenvalue weighted by Gasteiger charge is 2.39. The summed E-state index contributed by atoms with van der Waals surface area (Å²) >= 11 is 0. The molecule has 0 atom stereocenters. The maximum absolute atomic E-state index is 12.8. The number of sulfone groups is 1. The lowest BCUT2D eigenvalue weighted by Crippen LogP contribution is -2.42. The lowest BCUT2D eigenvalue weighted by molar-refractivity contribution is 0.550. The monoisotopic (exact) mass is 330 g/mol. The summed E-state index contributed by atoms with van der Waals surface area (Å²) in [4.78, 5) is 0. The standard InChI is InChI=1S/C13H18N2O4S2/c14-12-3-1-2-10-4-7-15(13(10)12)21(18,19)11-5-8-20(16,17)9-6-11/h1-3,11H,4-9,14H2. The molecular formula is C13H18N2O4S2. The summed E-state index contributed by atoms with van der Waals surface area (Å²) in [6, 6.07) is 5.39. The summed E-state index contributed by atoms with van der Waals surface area (Å²) in [7, 11) is -6.63. The molecule has 1 aromatic carbocycles. The van der Waals surface area contributed by atoms with Crippen molar-refractivity contribution in [3.05, 3.63) is 23.8 Å². The van der Waals surface area contributed by atoms with E-state index in [1.807, 2.05) is 12.1 Å². The van der Waals surface area contributed by atoms with Crippen LogP contribution < -0.4 is 10.0 Å². The molecule has 8 heteroatoms. The van der Waals surface area contributed by atoms with Crippen LogP contribution in [0.3, 0.4) is 0 Å². The zero-order valence-corrected chi connectivity index (χ0v) is 13.2. The average Bonchev–Trinajstić information content (AvgIpc) is 2.84. The molecule has 3 rings (SSSR count). The van der Waals surface area contributed by atoms with Crippen molar-refractivity contribution in [1.29, 1.82) is 0 Å². The van der Waals surface area contributed by atoms with Gasteiger partial charge in [0, 0.05) is 6.54 Å². The second-order valence-electron chi connectivity index (χ2n) is 5.57. The van der Waals surface area contributed by atoms with E-state index in [0.29, 0.717) is 24.3 Å². The van der Waals surface area contributed by atoms with Crippen LogP contribution in [0, 0.1) is 0 Å². The maximum Gasteiger partial charge on any atom is 0.238 e. The molecule has 0 bridgehead atoms. The van der Waals surface area contributed by atoms with E-state index in [1.165, 1.54) is 4.31 Å². The van der Waals surface area contributed by atoms with Gasteiger partial charge in [0.15, 0.2) is 0 Å². The summed E-state index contributed by atoms with van der Waals surface area (Å²) < 4.78 is 49.9. The normalized spacial score (nSPS) is 22.2. The molecule has 2 heterocycles. The highest BCUT2D eigenvalue weighted by Crippen LogP contribution is 2.37. The Balaban J connectivity index is 1.92. The number of para-hydroxylation sites is 1. The van der Waals surface area contributed by atoms with Crippen LogP contribution in [0.4, 0.5) is 11.4 Å². The maximum atomic E-state index is 12.8. The first-order valence-corrected chi connectivity index (χ1v) is 10.2. The Bertz CT molecular complexity index is 757. The summed E-state index contributed by atoms with van der Waals surface area (Å²) in [6.07, 6.45) is 0.983. The van der Waals surface area contributed by atoms with Crippen LogP contribution in [0.25, 0.3) is 0 Å². The number of hydrogen-bond donors (Lipinski definition) is 1. The van der Waals surface area contributed by atoms with Crippen molar-refractivity contribution in [1.82, 2.24) is 0 Å². The van der Waals surface area contributed by atoms with E-state index in [2.05, 4.69) is 0 Å². The SMILES string of the molecule is Nc1cccc2c1N(S(=O)(=O)C1CCS(=O)(=O)CC1)CC2. The molecule has 6 nitrogen and oxygen atoms in total. The molecule has 0 radical (unpaired) electrons. The third kappa shape index (κ3) is 2.50. The van der Waals surface area contributed by atoms with Crippen LogP contribution in [0.2, 0.25) is 0 Å². The second-order valence-corrected chi connectivity index (χ2v) is 10.0. The molecule has 0 aliphatic carbocycles. The van der Waals surface area contributed by atoms with Crippen molar-refractivity contribution in [3.8, 4) is 0 Å². The molecule has 1 fully saturated rings. The van der Waals surface area contributed by atoms with E-state index >= 15 is 0 Å². The Morgan fingerprint density at radius 2 is 1.86 bits per heavy atom. The molecule has 0 saturated carbocycles. The van der Waals surface area contributed by atoms with Crippen LogP contribution in [-0.4, -0.2) is 40.1 Å². The van der Waals surface area contributed by atoms with E-state index in [9.17, 15) is 16.8 Å². The number of rotatable bonds is 2. The fourth-order valence-corrected chi connectivity index (χ4v) is 6.86. The Morgan fingerprint density at radius 1 is 1.19 bits per heavy atom. The topological polar surface area (TPSA) is 97.5 Å². The highest BCUT2D eigenvalue weighted by molar-refractivity contribution is 7.94. The number of nitrogens with two attached hydrogens (primary N) is 1. The largest absolute Gasteiger partial charge is 0.397 e. The van der Waals surface area contributed by atoms with E-state index in [4.69, 9.17) is 5.73 Å². The quantitative estimate of drug-likeness (QED) is 0.798. The molecular weight excluding hydrogens is 312 g/mol. The fraction of sp³-hybridized carbons (Fsp3) is 0.538. The molecule has 0 unspecified atom stereocenters. The number of nitrogens with zero attached hydrogens (tertiary/aromatic N) is 1. The van der Waals surface area contributed by atoms with Gasteiger partial charge in [0.05, 0.1) is 28.1 Å². The van der Waals surface area contributed by atoms with Gasteiger partial charge < -0.3 is 5.73 Å². The first-order chi connectivity index (χ1) is 9.81. The number of sulfonamides is 1. The van der Waals surface area contributed by atoms with Crippen molar-refractivity contribution in [2.24, 2.45) is 0 Å². The molecule has 2 N–H and O–H groups in total. The number of benzene rings is 1. The van der Waals surface area contributed by atoms with E-state index < -0.39 is 25.1 Å². The smallest absolute Gasteiger partial charge is 0.238 e. The highest BCUT2D eigenvalue weighted by atomic mass is 32.2. The van der Waals surface area contributed by atoms with Gasteiger partial charge in [-0.25, -0.2) is 16.8 Å². The first kappa shape index (κ1) is 14.6. The van der Waals surface area contributed by atoms with Gasteiger partial charge in [0.25, 0.3) is 0 Å². The van der Waals surface area contributed by atoms with Gasteiger partial charge in [-0.1, -0.05) is 12.1 Å². The number of hydrogen-bond acceptors (Lipinski definition) is 5. The van der Waals surface area contributed by atoms with Gasteiger partial charge in [-0.2, -0.15) is 0 Å². The molecule has 1 aromatic rings. The van der Waals surface area contributed by atoms with Gasteiger partial charge in [-0.05, 0) is 30.9 Å². The lowest BCUT2D eigenvalue weighted by atomic mass is 10.1. The molecule has 0 spiro atoms. The van der Waals surface area contributed by atoms with Crippen LogP contribution in [-0.2, 0) is 26.3 Å². The molecule has 2 aliphatic heterocycles. The second kappa shape index (κ2) is 4.88. The minimum Gasteiger partial charge on any atom is -0.397 e. The number of anilines is 2. The molecule has 1 saturated heterocycles. The summed E-state index contributed by atoms with van der Waals surface area (Å²) in [5.41, 5.74) is 7.89. The Morgan fingerprint density at radius 3 is 2.52 bits per heavy atom. The van der Waals surface area contributed by atoms with Gasteiger partial charge in [-0.3, -0.25) is 4.31 Å². The van der Waals surface area contributed by atoms with Gasteiger partial charge >= 0.3 is 0 Å². The summed E-state index contributed by atoms with van der Waals surface area (Å²) in [5.74, 6) is -0.107. The summed E-state index contributed by atoms with van der Waals surface area (Å²) in [6.45, 7) is 0.384. The zero-order valence-electron chi connectivity index (χ0n) is 11.5. The number of nitrogen functional groups attached to an aromatic ring is 1. The fourth-order valence-electron chi connectivity index (χ4n) is 3.05. The molecule has 116 valence electrons. The molecule has 2 aliphatic rings. The third-order valence-electron chi connectivity index (χ3n) is 4.21. The van der Waals surface area contributed by atoms with Gasteiger partial charge in [0.1, 0.15) is 9.84 Å². The zero-order chi connectivity index (χ0) is 15.3. The van der Waals surface area contributed by atoms with E-state index in [0.717, 1.165) is 5.56 Å². The summed E-state index contributed by atoms with van der Waals surface area (Å²) in [5, 5.41) is -0.633.